The first-order chi connectivity index (χ1) is 12.3. The van der Waals surface area contributed by atoms with E-state index in [4.69, 9.17) is 0 Å². The van der Waals surface area contributed by atoms with Gasteiger partial charge in [0, 0.05) is 35.6 Å². The van der Waals surface area contributed by atoms with E-state index >= 15 is 0 Å². The Morgan fingerprint density at radius 1 is 1.19 bits per heavy atom. The number of rotatable bonds is 2. The molecule has 2 aliphatic carbocycles. The predicted octanol–water partition coefficient (Wildman–Crippen LogP) is 5.22. The Kier molecular flexibility index (Phi) is 3.94. The van der Waals surface area contributed by atoms with Gasteiger partial charge in [0.05, 0.1) is 5.69 Å². The normalized spacial score (nSPS) is 21.8. The average molecular weight is 348 g/mol. The van der Waals surface area contributed by atoms with Crippen molar-refractivity contribution >= 4 is 5.78 Å². The smallest absolute Gasteiger partial charge is 0.160 e. The third-order valence-electron chi connectivity index (χ3n) is 5.94. The number of aromatic amines is 1. The molecule has 3 nitrogen and oxygen atoms in total. The van der Waals surface area contributed by atoms with E-state index in [-0.39, 0.29) is 11.3 Å². The summed E-state index contributed by atoms with van der Waals surface area (Å²) in [7, 11) is 0. The molecule has 0 radical (unpaired) electrons. The summed E-state index contributed by atoms with van der Waals surface area (Å²) < 4.78 is 0. The minimum Gasteiger partial charge on any atom is -0.294 e. The van der Waals surface area contributed by atoms with Gasteiger partial charge in [0.1, 0.15) is 0 Å². The van der Waals surface area contributed by atoms with E-state index in [2.05, 4.69) is 69.1 Å². The second-order valence-corrected chi connectivity index (χ2v) is 9.08. The number of carbonyl (C=O) groups is 1. The Morgan fingerprint density at radius 2 is 1.92 bits per heavy atom. The topological polar surface area (TPSA) is 45.8 Å². The van der Waals surface area contributed by atoms with Crippen molar-refractivity contribution in [1.82, 2.24) is 10.2 Å². The molecule has 0 spiro atoms. The number of nitrogens with zero attached hydrogens (tertiary/aromatic N) is 1. The summed E-state index contributed by atoms with van der Waals surface area (Å²) in [5.41, 5.74) is 8.46. The standard InChI is InChI=1S/C23H28N2O/c1-13(2)22-21-17(24-25-22)10-15-11-23(4,5)12-18(26)19(15)20(21)16-9-7-6-8-14(16)3/h6-9,13,20H,10-12H2,1-5H3,(H,24,25)/t20-/m0/s1. The van der Waals surface area contributed by atoms with Gasteiger partial charge in [0.2, 0.25) is 0 Å². The molecule has 0 unspecified atom stereocenters. The quantitative estimate of drug-likeness (QED) is 0.809. The third-order valence-corrected chi connectivity index (χ3v) is 5.94. The zero-order chi connectivity index (χ0) is 18.6. The van der Waals surface area contributed by atoms with Gasteiger partial charge in [-0.2, -0.15) is 5.10 Å². The van der Waals surface area contributed by atoms with Crippen LogP contribution in [0.15, 0.2) is 35.4 Å². The van der Waals surface area contributed by atoms with Crippen molar-refractivity contribution in [3.8, 4) is 0 Å². The molecule has 0 fully saturated rings. The molecule has 2 aliphatic rings. The molecule has 0 aliphatic heterocycles. The van der Waals surface area contributed by atoms with Crippen molar-refractivity contribution in [1.29, 1.82) is 0 Å². The van der Waals surface area contributed by atoms with Gasteiger partial charge >= 0.3 is 0 Å². The van der Waals surface area contributed by atoms with Crippen LogP contribution >= 0.6 is 0 Å². The minimum atomic E-state index is 0.0229. The Morgan fingerprint density at radius 3 is 2.62 bits per heavy atom. The van der Waals surface area contributed by atoms with Crippen LogP contribution in [0.25, 0.3) is 0 Å². The number of fused-ring (bicyclic) bond motifs is 1. The lowest BCUT2D eigenvalue weighted by Gasteiger charge is -2.38. The largest absolute Gasteiger partial charge is 0.294 e. The Hall–Kier alpha value is -2.16. The molecule has 0 amide bonds. The molecule has 1 atom stereocenters. The van der Waals surface area contributed by atoms with E-state index in [1.807, 2.05) is 0 Å². The van der Waals surface area contributed by atoms with Gasteiger partial charge in [-0.05, 0) is 35.8 Å². The Balaban J connectivity index is 1.98. The summed E-state index contributed by atoms with van der Waals surface area (Å²) in [6, 6.07) is 8.49. The molecule has 0 bridgehead atoms. The number of ketones is 1. The van der Waals surface area contributed by atoms with Gasteiger partial charge < -0.3 is 0 Å². The second-order valence-electron chi connectivity index (χ2n) is 9.08. The van der Waals surface area contributed by atoms with E-state index in [9.17, 15) is 4.79 Å². The summed E-state index contributed by atoms with van der Waals surface area (Å²) in [5, 5.41) is 7.97. The lowest BCUT2D eigenvalue weighted by atomic mass is 9.64. The number of aromatic nitrogens is 2. The summed E-state index contributed by atoms with van der Waals surface area (Å²) in [4.78, 5) is 13.3. The summed E-state index contributed by atoms with van der Waals surface area (Å²) >= 11 is 0. The van der Waals surface area contributed by atoms with Crippen LogP contribution in [-0.2, 0) is 11.2 Å². The lowest BCUT2D eigenvalue weighted by molar-refractivity contribution is -0.118. The maximum absolute atomic E-state index is 13.3. The lowest BCUT2D eigenvalue weighted by Crippen LogP contribution is -2.32. The molecule has 26 heavy (non-hydrogen) atoms. The van der Waals surface area contributed by atoms with Crippen LogP contribution < -0.4 is 0 Å². The van der Waals surface area contributed by atoms with Crippen LogP contribution in [0.3, 0.4) is 0 Å². The number of carbonyl (C=O) groups excluding carboxylic acids is 1. The Bertz CT molecular complexity index is 914. The number of nitrogens with one attached hydrogen (secondary N) is 1. The number of H-pyrrole nitrogens is 1. The van der Waals surface area contributed by atoms with Crippen LogP contribution in [0.1, 0.15) is 80.5 Å². The molecule has 136 valence electrons. The fourth-order valence-corrected chi connectivity index (χ4v) is 4.86. The molecule has 1 heterocycles. The fraction of sp³-hybridized carbons (Fsp3) is 0.478. The predicted molar refractivity (Wildman–Crippen MR) is 104 cm³/mol. The highest BCUT2D eigenvalue weighted by atomic mass is 16.1. The summed E-state index contributed by atoms with van der Waals surface area (Å²) in [5.74, 6) is 0.680. The van der Waals surface area contributed by atoms with Crippen molar-refractivity contribution in [3.05, 3.63) is 63.5 Å². The molecule has 3 heteroatoms. The SMILES string of the molecule is Cc1ccccc1[C@H]1C2=C(Cc3[nH]nc(C(C)C)c31)CC(C)(C)CC2=O. The number of aryl methyl sites for hydroxylation is 1. The zero-order valence-corrected chi connectivity index (χ0v) is 16.4. The van der Waals surface area contributed by atoms with Gasteiger partial charge in [-0.25, -0.2) is 0 Å². The number of hydrogen-bond acceptors (Lipinski definition) is 2. The van der Waals surface area contributed by atoms with Gasteiger partial charge in [0.25, 0.3) is 0 Å². The molecule has 0 saturated heterocycles. The van der Waals surface area contributed by atoms with Crippen molar-refractivity contribution in [2.75, 3.05) is 0 Å². The molecule has 1 aromatic heterocycles. The zero-order valence-electron chi connectivity index (χ0n) is 16.4. The highest BCUT2D eigenvalue weighted by Gasteiger charge is 2.42. The van der Waals surface area contributed by atoms with Crippen molar-refractivity contribution in [3.63, 3.8) is 0 Å². The van der Waals surface area contributed by atoms with Gasteiger partial charge in [-0.15, -0.1) is 0 Å². The molecular weight excluding hydrogens is 320 g/mol. The average Bonchev–Trinajstić information content (AvgIpc) is 2.96. The van der Waals surface area contributed by atoms with Gasteiger partial charge in [-0.1, -0.05) is 57.5 Å². The van der Waals surface area contributed by atoms with Crippen LogP contribution in [0.5, 0.6) is 0 Å². The molecule has 0 saturated carbocycles. The molecule has 1 N–H and O–H groups in total. The van der Waals surface area contributed by atoms with E-state index < -0.39 is 0 Å². The van der Waals surface area contributed by atoms with E-state index in [1.165, 1.54) is 28.0 Å². The number of benzene rings is 1. The van der Waals surface area contributed by atoms with Gasteiger partial charge in [-0.3, -0.25) is 9.89 Å². The highest BCUT2D eigenvalue weighted by molar-refractivity contribution is 6.00. The van der Waals surface area contributed by atoms with Crippen LogP contribution in [0.2, 0.25) is 0 Å². The highest BCUT2D eigenvalue weighted by Crippen LogP contribution is 2.50. The third kappa shape index (κ3) is 2.65. The molecule has 4 rings (SSSR count). The van der Waals surface area contributed by atoms with Crippen LogP contribution in [-0.4, -0.2) is 16.0 Å². The van der Waals surface area contributed by atoms with E-state index in [0.29, 0.717) is 18.1 Å². The van der Waals surface area contributed by atoms with E-state index in [0.717, 1.165) is 24.1 Å². The summed E-state index contributed by atoms with van der Waals surface area (Å²) in [6.07, 6.45) is 2.46. The second kappa shape index (κ2) is 5.94. The number of hydrogen-bond donors (Lipinski definition) is 1. The van der Waals surface area contributed by atoms with Gasteiger partial charge in [0.15, 0.2) is 5.78 Å². The molecule has 2 aromatic rings. The maximum Gasteiger partial charge on any atom is 0.160 e. The number of allylic oxidation sites excluding steroid dienone is 2. The van der Waals surface area contributed by atoms with Crippen LogP contribution in [0, 0.1) is 12.3 Å². The monoisotopic (exact) mass is 348 g/mol. The van der Waals surface area contributed by atoms with E-state index in [1.54, 1.807) is 0 Å². The number of Topliss-reactive ketones (excluding diaryl/α,β-unsaturated/α-hetero) is 1. The first-order valence-corrected chi connectivity index (χ1v) is 9.66. The maximum atomic E-state index is 13.3. The molecular formula is C23H28N2O. The Labute approximate surface area is 155 Å². The minimum absolute atomic E-state index is 0.0229. The van der Waals surface area contributed by atoms with Crippen LogP contribution in [0.4, 0.5) is 0 Å². The van der Waals surface area contributed by atoms with Crippen molar-refractivity contribution in [2.24, 2.45) is 5.41 Å². The molecule has 1 aromatic carbocycles. The summed E-state index contributed by atoms with van der Waals surface area (Å²) in [6.45, 7) is 10.9. The first-order valence-electron chi connectivity index (χ1n) is 9.66. The fourth-order valence-electron chi connectivity index (χ4n) is 4.86. The van der Waals surface area contributed by atoms with Crippen molar-refractivity contribution in [2.45, 2.75) is 65.7 Å². The first kappa shape index (κ1) is 17.3. The van der Waals surface area contributed by atoms with Crippen molar-refractivity contribution < 1.29 is 4.79 Å².